The summed E-state index contributed by atoms with van der Waals surface area (Å²) in [5.41, 5.74) is 0.606. The lowest BCUT2D eigenvalue weighted by Gasteiger charge is -2.50. The number of aryl methyl sites for hydroxylation is 1. The number of oxime groups is 1. The summed E-state index contributed by atoms with van der Waals surface area (Å²) in [4.78, 5) is 64.9. The Bertz CT molecular complexity index is 1910. The monoisotopic (exact) mass is 695 g/mol. The lowest BCUT2D eigenvalue weighted by atomic mass is 9.90. The van der Waals surface area contributed by atoms with E-state index < -0.39 is 40.9 Å². The van der Waals surface area contributed by atoms with E-state index in [9.17, 15) is 19.2 Å². The van der Waals surface area contributed by atoms with Crippen LogP contribution in [0.4, 0.5) is 5.13 Å². The van der Waals surface area contributed by atoms with Gasteiger partial charge in [0.15, 0.2) is 23.6 Å². The SMILES string of the molecule is C=CC1=C(C(=O)OC(c2ccccc2)c2ccccc2)N2C(=O)C(NC(=O)C(ON=C)(c3ccc[n+](C)c3)c3csc(NC=O)n3)[C@H]2SC1. The molecule has 0 radical (unpaired) electrons. The molecule has 14 heteroatoms. The highest BCUT2D eigenvalue weighted by molar-refractivity contribution is 8.00. The second-order valence-corrected chi connectivity index (χ2v) is 13.0. The van der Waals surface area contributed by atoms with Gasteiger partial charge in [-0.05, 0) is 22.8 Å². The van der Waals surface area contributed by atoms with E-state index in [2.05, 4.69) is 34.1 Å². The molecule has 2 aromatic carbocycles. The minimum atomic E-state index is -1.98. The second-order valence-electron chi connectivity index (χ2n) is 11.0. The number of fused-ring (bicyclic) bond motifs is 1. The lowest BCUT2D eigenvalue weighted by Crippen LogP contribution is -2.72. The number of rotatable bonds is 13. The number of thioether (sulfide) groups is 1. The summed E-state index contributed by atoms with van der Waals surface area (Å²) < 4.78 is 7.85. The molecular weight excluding hydrogens is 665 g/mol. The summed E-state index contributed by atoms with van der Waals surface area (Å²) in [6.07, 6.45) is 4.70. The molecule has 2 aliphatic rings. The Hall–Kier alpha value is -5.60. The number of allylic oxidation sites excluding steroid dienone is 1. The van der Waals surface area contributed by atoms with Gasteiger partial charge in [-0.1, -0.05) is 73.3 Å². The van der Waals surface area contributed by atoms with Crippen LogP contribution in [0.3, 0.4) is 0 Å². The molecule has 1 saturated heterocycles. The second kappa shape index (κ2) is 14.3. The van der Waals surface area contributed by atoms with Crippen LogP contribution in [0.2, 0.25) is 0 Å². The predicted molar refractivity (Wildman–Crippen MR) is 184 cm³/mol. The number of nitrogens with one attached hydrogen (secondary N) is 2. The number of hydrogen-bond acceptors (Lipinski definition) is 10. The fraction of sp³-hybridized carbons (Fsp3) is 0.171. The average molecular weight is 696 g/mol. The molecule has 2 aliphatic heterocycles. The minimum Gasteiger partial charge on any atom is -0.448 e. The Labute approximate surface area is 290 Å². The molecule has 12 nitrogen and oxygen atoms in total. The first-order valence-electron chi connectivity index (χ1n) is 15.0. The highest BCUT2D eigenvalue weighted by atomic mass is 32.2. The number of benzene rings is 2. The van der Waals surface area contributed by atoms with Crippen LogP contribution in [0.15, 0.2) is 120 Å². The highest BCUT2D eigenvalue weighted by Gasteiger charge is 2.58. The number of thiazole rings is 1. The van der Waals surface area contributed by atoms with E-state index in [1.54, 1.807) is 41.5 Å². The summed E-state index contributed by atoms with van der Waals surface area (Å²) in [7, 11) is 1.77. The van der Waals surface area contributed by atoms with Crippen molar-refractivity contribution in [2.75, 3.05) is 11.1 Å². The Morgan fingerprint density at radius 1 is 1.12 bits per heavy atom. The molecule has 3 amide bonds. The van der Waals surface area contributed by atoms with Crippen LogP contribution in [0, 0.1) is 0 Å². The van der Waals surface area contributed by atoms with Crippen LogP contribution >= 0.6 is 23.1 Å². The van der Waals surface area contributed by atoms with E-state index in [4.69, 9.17) is 9.57 Å². The number of aromatic nitrogens is 2. The number of hydrogen-bond donors (Lipinski definition) is 2. The predicted octanol–water partition coefficient (Wildman–Crippen LogP) is 3.58. The summed E-state index contributed by atoms with van der Waals surface area (Å²) in [6, 6.07) is 21.0. The molecule has 0 aliphatic carbocycles. The third-order valence-electron chi connectivity index (χ3n) is 8.07. The van der Waals surface area contributed by atoms with Gasteiger partial charge in [0.05, 0.1) is 5.56 Å². The van der Waals surface area contributed by atoms with Gasteiger partial charge in [-0.3, -0.25) is 19.3 Å². The highest BCUT2D eigenvalue weighted by Crippen LogP contribution is 2.43. The Balaban J connectivity index is 1.30. The third kappa shape index (κ3) is 6.23. The zero-order chi connectivity index (χ0) is 34.5. The standard InChI is InChI=1S/C35H30N6O6S2/c1-4-22-19-48-31-27(30(43)41(31)28(22)32(44)46-29(23-12-7-5-8-13-23)24-14-9-6-10-15-24)39-33(45)35(47-36-2,25-16-11-17-40(3)18-25)26-20-49-34(38-26)37-21-42/h4-18,20-21,27,29,31H,1-2,19H2,3H3,(H-,37,38,39,42,45)/p+1/t27?,31-,35?/m1/s1. The molecule has 2 unspecified atom stereocenters. The molecule has 4 heterocycles. The number of carbonyl (C=O) groups is 4. The minimum absolute atomic E-state index is 0.0700. The summed E-state index contributed by atoms with van der Waals surface area (Å²) in [5.74, 6) is -1.62. The van der Waals surface area contributed by atoms with Crippen molar-refractivity contribution in [2.24, 2.45) is 12.2 Å². The van der Waals surface area contributed by atoms with Crippen LogP contribution in [-0.2, 0) is 41.4 Å². The fourth-order valence-electron chi connectivity index (χ4n) is 5.76. The molecule has 49 heavy (non-hydrogen) atoms. The van der Waals surface area contributed by atoms with Crippen LogP contribution in [0.5, 0.6) is 0 Å². The molecule has 2 aromatic heterocycles. The summed E-state index contributed by atoms with van der Waals surface area (Å²) in [5, 5.41) is 10.1. The average Bonchev–Trinajstić information content (AvgIpc) is 3.60. The van der Waals surface area contributed by atoms with Gasteiger partial charge < -0.3 is 20.2 Å². The molecule has 2 N–H and O–H groups in total. The number of nitrogens with zero attached hydrogens (tertiary/aromatic N) is 4. The van der Waals surface area contributed by atoms with Crippen molar-refractivity contribution in [1.82, 2.24) is 15.2 Å². The molecule has 3 atom stereocenters. The topological polar surface area (TPSA) is 143 Å². The van der Waals surface area contributed by atoms with Crippen LogP contribution in [-0.4, -0.2) is 58.0 Å². The van der Waals surface area contributed by atoms with E-state index in [-0.39, 0.29) is 16.5 Å². The zero-order valence-corrected chi connectivity index (χ0v) is 27.9. The van der Waals surface area contributed by atoms with Gasteiger partial charge in [-0.2, -0.15) is 0 Å². The molecule has 1 fully saturated rings. The number of pyridine rings is 1. The Kier molecular flexibility index (Phi) is 9.69. The van der Waals surface area contributed by atoms with Crippen LogP contribution < -0.4 is 15.2 Å². The van der Waals surface area contributed by atoms with Crippen molar-refractivity contribution >= 4 is 59.1 Å². The van der Waals surface area contributed by atoms with Crippen molar-refractivity contribution in [1.29, 1.82) is 0 Å². The number of β-lactam (4-membered cyclic amide) rings is 1. The van der Waals surface area contributed by atoms with E-state index in [1.807, 2.05) is 60.7 Å². The van der Waals surface area contributed by atoms with Crippen molar-refractivity contribution in [3.05, 3.63) is 137 Å². The number of amides is 3. The van der Waals surface area contributed by atoms with Gasteiger partial charge >= 0.3 is 5.97 Å². The van der Waals surface area contributed by atoms with E-state index in [1.165, 1.54) is 22.7 Å². The first-order valence-corrected chi connectivity index (χ1v) is 16.9. The Morgan fingerprint density at radius 2 is 1.82 bits per heavy atom. The molecule has 248 valence electrons. The third-order valence-corrected chi connectivity index (χ3v) is 10.1. The van der Waals surface area contributed by atoms with Crippen LogP contribution in [0.25, 0.3) is 0 Å². The normalized spacial score (nSPS) is 18.0. The van der Waals surface area contributed by atoms with Crippen molar-refractivity contribution in [3.63, 3.8) is 0 Å². The molecule has 4 aromatic rings. The van der Waals surface area contributed by atoms with Gasteiger partial charge in [0, 0.05) is 23.9 Å². The maximum atomic E-state index is 14.4. The number of carbonyl (C=O) groups excluding carboxylic acids is 4. The van der Waals surface area contributed by atoms with Gasteiger partial charge in [0.25, 0.3) is 17.4 Å². The number of anilines is 1. The van der Waals surface area contributed by atoms with Gasteiger partial charge in [0.2, 0.25) is 6.41 Å². The van der Waals surface area contributed by atoms with Crippen molar-refractivity contribution in [3.8, 4) is 0 Å². The van der Waals surface area contributed by atoms with Crippen LogP contribution in [0.1, 0.15) is 28.5 Å². The molecule has 0 spiro atoms. The summed E-state index contributed by atoms with van der Waals surface area (Å²) >= 11 is 2.45. The molecule has 0 bridgehead atoms. The quantitative estimate of drug-likeness (QED) is 0.0540. The zero-order valence-electron chi connectivity index (χ0n) is 26.2. The molecular formula is C35H31N6O6S2+. The number of esters is 1. The molecule has 0 saturated carbocycles. The first kappa shape index (κ1) is 33.3. The van der Waals surface area contributed by atoms with Gasteiger partial charge in [-0.25, -0.2) is 14.3 Å². The molecule has 6 rings (SSSR count). The summed E-state index contributed by atoms with van der Waals surface area (Å²) in [6.45, 7) is 7.33. The largest absolute Gasteiger partial charge is 0.448 e. The van der Waals surface area contributed by atoms with Gasteiger partial charge in [-0.15, -0.1) is 28.3 Å². The van der Waals surface area contributed by atoms with Crippen molar-refractivity contribution in [2.45, 2.75) is 23.1 Å². The maximum absolute atomic E-state index is 14.4. The fourth-order valence-corrected chi connectivity index (χ4v) is 7.81. The van der Waals surface area contributed by atoms with E-state index >= 15 is 0 Å². The van der Waals surface area contributed by atoms with E-state index in [0.717, 1.165) is 22.5 Å². The first-order chi connectivity index (χ1) is 23.8. The maximum Gasteiger partial charge on any atom is 0.356 e. The smallest absolute Gasteiger partial charge is 0.356 e. The lowest BCUT2D eigenvalue weighted by molar-refractivity contribution is -0.672. The number of ether oxygens (including phenoxy) is 1. The van der Waals surface area contributed by atoms with Crippen molar-refractivity contribution < 1.29 is 33.3 Å². The Morgan fingerprint density at radius 3 is 2.43 bits per heavy atom. The van der Waals surface area contributed by atoms with E-state index in [0.29, 0.717) is 23.3 Å². The van der Waals surface area contributed by atoms with Gasteiger partial charge in [0.1, 0.15) is 29.9 Å².